The summed E-state index contributed by atoms with van der Waals surface area (Å²) >= 11 is 1.45. The minimum Gasteiger partial charge on any atom is -0.480 e. The Kier molecular flexibility index (Phi) is 3.13. The highest BCUT2D eigenvalue weighted by atomic mass is 32.2. The molecule has 2 N–H and O–H groups in total. The lowest BCUT2D eigenvalue weighted by molar-refractivity contribution is 0.391. The van der Waals surface area contributed by atoms with E-state index in [0.717, 1.165) is 0 Å². The second kappa shape index (κ2) is 4.13. The highest BCUT2D eigenvalue weighted by molar-refractivity contribution is 7.98. The topological polar surface area (TPSA) is 61.0 Å². The van der Waals surface area contributed by atoms with Gasteiger partial charge in [0, 0.05) is 11.9 Å². The van der Waals surface area contributed by atoms with Crippen molar-refractivity contribution in [2.75, 3.05) is 13.4 Å². The molecule has 0 radical (unpaired) electrons. The zero-order valence-corrected chi connectivity index (χ0v) is 8.39. The molecular weight excluding hydrogens is 186 g/mol. The minimum absolute atomic E-state index is 0.407. The molecule has 0 aromatic carbocycles. The number of hydrogen-bond donors (Lipinski definition) is 1. The zero-order chi connectivity index (χ0) is 9.84. The first-order valence-electron chi connectivity index (χ1n) is 3.58. The number of thioether (sulfide) groups is 1. The SMILES string of the molecule is C=C(N)c1cnc(SC)nc1OC. The summed E-state index contributed by atoms with van der Waals surface area (Å²) < 4.78 is 5.04. The molecule has 0 unspecified atom stereocenters. The number of nitrogens with two attached hydrogens (primary N) is 1. The molecule has 0 aliphatic heterocycles. The predicted octanol–water partition coefficient (Wildman–Crippen LogP) is 1.14. The molecule has 0 saturated carbocycles. The molecule has 0 atom stereocenters. The lowest BCUT2D eigenvalue weighted by Gasteiger charge is -2.06. The summed E-state index contributed by atoms with van der Waals surface area (Å²) in [5, 5.41) is 0.654. The van der Waals surface area contributed by atoms with Crippen molar-refractivity contribution >= 4 is 17.5 Å². The number of nitrogens with zero attached hydrogens (tertiary/aromatic N) is 2. The summed E-state index contributed by atoms with van der Waals surface area (Å²) in [4.78, 5) is 8.18. The van der Waals surface area contributed by atoms with E-state index in [1.165, 1.54) is 11.8 Å². The summed E-state index contributed by atoms with van der Waals surface area (Å²) in [5.74, 6) is 0.465. The predicted molar refractivity (Wildman–Crippen MR) is 53.6 cm³/mol. The average molecular weight is 197 g/mol. The number of methoxy groups -OCH3 is 1. The molecule has 1 heterocycles. The van der Waals surface area contributed by atoms with E-state index in [1.54, 1.807) is 13.3 Å². The summed E-state index contributed by atoms with van der Waals surface area (Å²) in [6.45, 7) is 3.60. The van der Waals surface area contributed by atoms with Gasteiger partial charge in [-0.1, -0.05) is 18.3 Å². The molecule has 0 fully saturated rings. The third-order valence-corrected chi connectivity index (χ3v) is 2.02. The first-order valence-corrected chi connectivity index (χ1v) is 4.81. The molecule has 4 nitrogen and oxygen atoms in total. The highest BCUT2D eigenvalue weighted by Gasteiger charge is 2.07. The Balaban J connectivity index is 3.15. The van der Waals surface area contributed by atoms with Gasteiger partial charge in [0.2, 0.25) is 5.88 Å². The lowest BCUT2D eigenvalue weighted by Crippen LogP contribution is -2.02. The maximum absolute atomic E-state index is 5.52. The Morgan fingerprint density at radius 1 is 1.69 bits per heavy atom. The molecular formula is C8H11N3OS. The molecule has 1 rings (SSSR count). The second-order valence-corrected chi connectivity index (χ2v) is 3.08. The molecule has 0 bridgehead atoms. The Morgan fingerprint density at radius 3 is 2.85 bits per heavy atom. The first-order chi connectivity index (χ1) is 6.19. The lowest BCUT2D eigenvalue weighted by atomic mass is 10.3. The van der Waals surface area contributed by atoms with E-state index in [1.807, 2.05) is 6.26 Å². The largest absolute Gasteiger partial charge is 0.480 e. The average Bonchev–Trinajstić information content (AvgIpc) is 2.16. The van der Waals surface area contributed by atoms with Crippen LogP contribution >= 0.6 is 11.8 Å². The molecule has 0 aliphatic rings. The van der Waals surface area contributed by atoms with Gasteiger partial charge in [-0.25, -0.2) is 4.98 Å². The van der Waals surface area contributed by atoms with Gasteiger partial charge in [-0.05, 0) is 6.26 Å². The van der Waals surface area contributed by atoms with Gasteiger partial charge in [0.25, 0.3) is 0 Å². The number of hydrogen-bond acceptors (Lipinski definition) is 5. The van der Waals surface area contributed by atoms with E-state index in [0.29, 0.717) is 22.3 Å². The van der Waals surface area contributed by atoms with Crippen LogP contribution in [0.25, 0.3) is 5.70 Å². The van der Waals surface area contributed by atoms with Crippen LogP contribution in [0.5, 0.6) is 5.88 Å². The molecule has 1 aromatic heterocycles. The molecule has 0 spiro atoms. The van der Waals surface area contributed by atoms with Gasteiger partial charge in [-0.3, -0.25) is 0 Å². The van der Waals surface area contributed by atoms with Crippen molar-refractivity contribution < 1.29 is 4.74 Å². The van der Waals surface area contributed by atoms with Crippen LogP contribution in [0.2, 0.25) is 0 Å². The molecule has 1 aromatic rings. The van der Waals surface area contributed by atoms with E-state index in [2.05, 4.69) is 16.5 Å². The standard InChI is InChI=1S/C8H11N3OS/c1-5(9)6-4-10-8(13-3)11-7(6)12-2/h4H,1,9H2,2-3H3. The Hall–Kier alpha value is -1.23. The van der Waals surface area contributed by atoms with Gasteiger partial charge in [0.05, 0.1) is 12.7 Å². The molecule has 0 aliphatic carbocycles. The van der Waals surface area contributed by atoms with Crippen LogP contribution in [0.15, 0.2) is 17.9 Å². The van der Waals surface area contributed by atoms with Gasteiger partial charge >= 0.3 is 0 Å². The Labute approximate surface area is 81.2 Å². The second-order valence-electron chi connectivity index (χ2n) is 2.30. The monoisotopic (exact) mass is 197 g/mol. The molecule has 0 amide bonds. The summed E-state index contributed by atoms with van der Waals surface area (Å²) in [6, 6.07) is 0. The smallest absolute Gasteiger partial charge is 0.226 e. The van der Waals surface area contributed by atoms with Crippen molar-refractivity contribution in [2.24, 2.45) is 5.73 Å². The van der Waals surface area contributed by atoms with E-state index in [4.69, 9.17) is 10.5 Å². The number of rotatable bonds is 3. The van der Waals surface area contributed by atoms with Gasteiger partial charge in [0.1, 0.15) is 0 Å². The number of ether oxygens (including phenoxy) is 1. The van der Waals surface area contributed by atoms with Gasteiger partial charge < -0.3 is 10.5 Å². The Bertz CT molecular complexity index is 327. The van der Waals surface area contributed by atoms with Crippen molar-refractivity contribution in [3.8, 4) is 5.88 Å². The third-order valence-electron chi connectivity index (χ3n) is 1.45. The van der Waals surface area contributed by atoms with Gasteiger partial charge in [-0.2, -0.15) is 4.98 Å². The summed E-state index contributed by atoms with van der Waals surface area (Å²) in [7, 11) is 1.54. The van der Waals surface area contributed by atoms with Crippen LogP contribution in [-0.4, -0.2) is 23.3 Å². The van der Waals surface area contributed by atoms with E-state index >= 15 is 0 Å². The van der Waals surface area contributed by atoms with Crippen LogP contribution < -0.4 is 10.5 Å². The van der Waals surface area contributed by atoms with Crippen LogP contribution in [0.3, 0.4) is 0 Å². The summed E-state index contributed by atoms with van der Waals surface area (Å²) in [6.07, 6.45) is 3.51. The maximum atomic E-state index is 5.52. The molecule has 5 heteroatoms. The molecule has 13 heavy (non-hydrogen) atoms. The van der Waals surface area contributed by atoms with Crippen LogP contribution in [0, 0.1) is 0 Å². The first kappa shape index (κ1) is 9.85. The van der Waals surface area contributed by atoms with Crippen LogP contribution in [0.4, 0.5) is 0 Å². The van der Waals surface area contributed by atoms with E-state index < -0.39 is 0 Å². The zero-order valence-electron chi connectivity index (χ0n) is 7.57. The minimum atomic E-state index is 0.407. The third kappa shape index (κ3) is 2.12. The molecule has 70 valence electrons. The fourth-order valence-electron chi connectivity index (χ4n) is 0.825. The van der Waals surface area contributed by atoms with Crippen molar-refractivity contribution in [1.29, 1.82) is 0 Å². The van der Waals surface area contributed by atoms with Gasteiger partial charge in [0.15, 0.2) is 5.16 Å². The normalized spacial score (nSPS) is 9.69. The highest BCUT2D eigenvalue weighted by Crippen LogP contribution is 2.21. The van der Waals surface area contributed by atoms with E-state index in [9.17, 15) is 0 Å². The van der Waals surface area contributed by atoms with Crippen LogP contribution in [-0.2, 0) is 0 Å². The van der Waals surface area contributed by atoms with Gasteiger partial charge in [-0.15, -0.1) is 0 Å². The van der Waals surface area contributed by atoms with Crippen molar-refractivity contribution in [3.05, 3.63) is 18.3 Å². The van der Waals surface area contributed by atoms with Crippen molar-refractivity contribution in [2.45, 2.75) is 5.16 Å². The molecule has 0 saturated heterocycles. The Morgan fingerprint density at radius 2 is 2.38 bits per heavy atom. The number of aromatic nitrogens is 2. The fraction of sp³-hybridized carbons (Fsp3) is 0.250. The van der Waals surface area contributed by atoms with Crippen molar-refractivity contribution in [1.82, 2.24) is 9.97 Å². The summed E-state index contributed by atoms with van der Waals surface area (Å²) in [5.41, 5.74) is 6.57. The van der Waals surface area contributed by atoms with Crippen LogP contribution in [0.1, 0.15) is 5.56 Å². The van der Waals surface area contributed by atoms with Crippen molar-refractivity contribution in [3.63, 3.8) is 0 Å². The van der Waals surface area contributed by atoms with E-state index in [-0.39, 0.29) is 0 Å². The quantitative estimate of drug-likeness (QED) is 0.581. The fourth-order valence-corrected chi connectivity index (χ4v) is 1.16. The maximum Gasteiger partial charge on any atom is 0.226 e.